The first kappa shape index (κ1) is 16.4. The molecule has 122 valence electrons. The van der Waals surface area contributed by atoms with Crippen molar-refractivity contribution in [3.05, 3.63) is 64.4 Å². The van der Waals surface area contributed by atoms with Crippen molar-refractivity contribution in [2.45, 2.75) is 0 Å². The molecule has 1 aromatic heterocycles. The third-order valence-corrected chi connectivity index (χ3v) is 4.44. The lowest BCUT2D eigenvalue weighted by atomic mass is 10.2. The van der Waals surface area contributed by atoms with E-state index in [2.05, 4.69) is 10.3 Å². The molecule has 0 radical (unpaired) electrons. The number of rotatable bonds is 4. The highest BCUT2D eigenvalue weighted by molar-refractivity contribution is 7.13. The van der Waals surface area contributed by atoms with E-state index in [9.17, 15) is 9.18 Å². The second-order valence-corrected chi connectivity index (χ2v) is 6.06. The molecule has 7 heteroatoms. The maximum Gasteiger partial charge on any atom is 0.275 e. The number of nitrogens with one attached hydrogen (secondary N) is 1. The van der Waals surface area contributed by atoms with Crippen molar-refractivity contribution in [2.24, 2.45) is 0 Å². The minimum Gasteiger partial charge on any atom is -0.496 e. The van der Waals surface area contributed by atoms with Gasteiger partial charge in [0.15, 0.2) is 5.82 Å². The largest absolute Gasteiger partial charge is 0.496 e. The van der Waals surface area contributed by atoms with Crippen molar-refractivity contribution >= 4 is 34.5 Å². The lowest BCUT2D eigenvalue weighted by Gasteiger charge is -2.06. The number of aromatic nitrogens is 1. The molecule has 3 aromatic rings. The lowest BCUT2D eigenvalue weighted by molar-refractivity contribution is 0.102. The Bertz CT molecular complexity index is 898. The third kappa shape index (κ3) is 3.25. The van der Waals surface area contributed by atoms with Crippen LogP contribution >= 0.6 is 22.9 Å². The summed E-state index contributed by atoms with van der Waals surface area (Å²) < 4.78 is 19.2. The number of carbonyl (C=O) groups excluding carboxylic acids is 1. The molecule has 0 aliphatic rings. The third-order valence-electron chi connectivity index (χ3n) is 3.27. The molecule has 0 fully saturated rings. The van der Waals surface area contributed by atoms with Crippen LogP contribution in [0.5, 0.6) is 5.75 Å². The quantitative estimate of drug-likeness (QED) is 0.720. The van der Waals surface area contributed by atoms with Gasteiger partial charge in [-0.05, 0) is 24.3 Å². The summed E-state index contributed by atoms with van der Waals surface area (Å²) in [4.78, 5) is 16.6. The van der Waals surface area contributed by atoms with Crippen molar-refractivity contribution in [1.29, 1.82) is 0 Å². The van der Waals surface area contributed by atoms with Crippen molar-refractivity contribution in [2.75, 3.05) is 12.4 Å². The Morgan fingerprint density at radius 2 is 2.04 bits per heavy atom. The smallest absolute Gasteiger partial charge is 0.275 e. The van der Waals surface area contributed by atoms with E-state index >= 15 is 0 Å². The van der Waals surface area contributed by atoms with Crippen molar-refractivity contribution in [1.82, 2.24) is 4.98 Å². The van der Waals surface area contributed by atoms with Gasteiger partial charge in [-0.3, -0.25) is 4.79 Å². The number of thiazole rings is 1. The van der Waals surface area contributed by atoms with Gasteiger partial charge in [-0.1, -0.05) is 29.8 Å². The molecular formula is C17H12ClFN2O2S. The van der Waals surface area contributed by atoms with Crippen LogP contribution in [0.3, 0.4) is 0 Å². The average molecular weight is 363 g/mol. The molecule has 0 saturated heterocycles. The van der Waals surface area contributed by atoms with Gasteiger partial charge in [0.05, 0.1) is 23.4 Å². The van der Waals surface area contributed by atoms with Crippen LogP contribution in [0.2, 0.25) is 5.02 Å². The number of amides is 1. The molecule has 0 aliphatic carbocycles. The van der Waals surface area contributed by atoms with Crippen molar-refractivity contribution in [3.63, 3.8) is 0 Å². The van der Waals surface area contributed by atoms with Crippen LogP contribution in [0.25, 0.3) is 10.6 Å². The van der Waals surface area contributed by atoms with Crippen LogP contribution in [0.4, 0.5) is 10.1 Å². The van der Waals surface area contributed by atoms with Crippen LogP contribution in [0.15, 0.2) is 47.8 Å². The molecule has 0 unspecified atom stereocenters. The SMILES string of the molecule is COc1ccccc1-c1nc(C(=O)Nc2cccc(Cl)c2F)cs1. The number of benzene rings is 2. The Morgan fingerprint density at radius 3 is 2.83 bits per heavy atom. The minimum absolute atomic E-state index is 0.0133. The summed E-state index contributed by atoms with van der Waals surface area (Å²) in [5.74, 6) is -0.513. The Morgan fingerprint density at radius 1 is 1.25 bits per heavy atom. The predicted molar refractivity (Wildman–Crippen MR) is 93.5 cm³/mol. The predicted octanol–water partition coefficient (Wildman–Crippen LogP) is 4.86. The summed E-state index contributed by atoms with van der Waals surface area (Å²) in [5.41, 5.74) is 0.998. The number of hydrogen-bond donors (Lipinski definition) is 1. The second-order valence-electron chi connectivity index (χ2n) is 4.79. The number of nitrogens with zero attached hydrogens (tertiary/aromatic N) is 1. The Balaban J connectivity index is 1.85. The summed E-state index contributed by atoms with van der Waals surface area (Å²) in [7, 11) is 1.57. The lowest BCUT2D eigenvalue weighted by Crippen LogP contribution is -2.13. The Hall–Kier alpha value is -2.44. The zero-order valence-corrected chi connectivity index (χ0v) is 14.1. The fourth-order valence-corrected chi connectivity index (χ4v) is 3.11. The number of ether oxygens (including phenoxy) is 1. The number of carbonyl (C=O) groups is 1. The van der Waals surface area contributed by atoms with Gasteiger partial charge in [0.2, 0.25) is 0 Å². The van der Waals surface area contributed by atoms with E-state index < -0.39 is 11.7 Å². The zero-order valence-electron chi connectivity index (χ0n) is 12.5. The normalized spacial score (nSPS) is 10.5. The van der Waals surface area contributed by atoms with E-state index in [1.807, 2.05) is 24.3 Å². The minimum atomic E-state index is -0.673. The zero-order chi connectivity index (χ0) is 17.1. The van der Waals surface area contributed by atoms with Gasteiger partial charge in [0.1, 0.15) is 16.5 Å². The average Bonchev–Trinajstić information content (AvgIpc) is 3.09. The van der Waals surface area contributed by atoms with Gasteiger partial charge in [-0.15, -0.1) is 11.3 Å². The second kappa shape index (κ2) is 6.98. The van der Waals surface area contributed by atoms with E-state index in [1.54, 1.807) is 18.6 Å². The number of hydrogen-bond acceptors (Lipinski definition) is 4. The fraction of sp³-hybridized carbons (Fsp3) is 0.0588. The molecule has 0 atom stereocenters. The summed E-state index contributed by atoms with van der Waals surface area (Å²) in [6.07, 6.45) is 0. The summed E-state index contributed by atoms with van der Waals surface area (Å²) >= 11 is 7.01. The van der Waals surface area contributed by atoms with Crippen LogP contribution in [-0.4, -0.2) is 18.0 Å². The number of halogens is 2. The van der Waals surface area contributed by atoms with E-state index in [0.717, 1.165) is 5.56 Å². The molecule has 0 aliphatic heterocycles. The Labute approximate surface area is 146 Å². The molecule has 4 nitrogen and oxygen atoms in total. The number of anilines is 1. The molecule has 0 bridgehead atoms. The molecule has 24 heavy (non-hydrogen) atoms. The van der Waals surface area contributed by atoms with Crippen LogP contribution in [-0.2, 0) is 0 Å². The highest BCUT2D eigenvalue weighted by atomic mass is 35.5. The van der Waals surface area contributed by atoms with Gasteiger partial charge < -0.3 is 10.1 Å². The number of methoxy groups -OCH3 is 1. The first-order valence-corrected chi connectivity index (χ1v) is 8.20. The van der Waals surface area contributed by atoms with E-state index in [0.29, 0.717) is 10.8 Å². The maximum absolute atomic E-state index is 13.9. The monoisotopic (exact) mass is 362 g/mol. The van der Waals surface area contributed by atoms with E-state index in [4.69, 9.17) is 16.3 Å². The first-order valence-electron chi connectivity index (χ1n) is 6.94. The van der Waals surface area contributed by atoms with Gasteiger partial charge in [-0.2, -0.15) is 0 Å². The molecule has 0 saturated carbocycles. The van der Waals surface area contributed by atoms with Gasteiger partial charge in [0, 0.05) is 5.38 Å². The molecule has 1 N–H and O–H groups in total. The maximum atomic E-state index is 13.9. The van der Waals surface area contributed by atoms with Crippen molar-refractivity contribution < 1.29 is 13.9 Å². The molecule has 2 aromatic carbocycles. The van der Waals surface area contributed by atoms with E-state index in [1.165, 1.54) is 23.5 Å². The highest BCUT2D eigenvalue weighted by Crippen LogP contribution is 2.32. The van der Waals surface area contributed by atoms with E-state index in [-0.39, 0.29) is 16.4 Å². The summed E-state index contributed by atoms with van der Waals surface area (Å²) in [6, 6.07) is 11.8. The summed E-state index contributed by atoms with van der Waals surface area (Å²) in [6.45, 7) is 0. The summed E-state index contributed by atoms with van der Waals surface area (Å²) in [5, 5.41) is 4.67. The molecule has 1 heterocycles. The van der Waals surface area contributed by atoms with Crippen LogP contribution in [0, 0.1) is 5.82 Å². The standard InChI is InChI=1S/C17H12ClFN2O2S/c1-23-14-8-3-2-5-10(14)17-21-13(9-24-17)16(22)20-12-7-4-6-11(18)15(12)19/h2-9H,1H3,(H,20,22). The molecule has 3 rings (SSSR count). The fourth-order valence-electron chi connectivity index (χ4n) is 2.11. The van der Waals surface area contributed by atoms with Gasteiger partial charge in [0.25, 0.3) is 5.91 Å². The Kier molecular flexibility index (Phi) is 4.78. The molecular weight excluding hydrogens is 351 g/mol. The molecule has 0 spiro atoms. The van der Waals surface area contributed by atoms with Gasteiger partial charge >= 0.3 is 0 Å². The molecule has 1 amide bonds. The van der Waals surface area contributed by atoms with Crippen LogP contribution in [0.1, 0.15) is 10.5 Å². The highest BCUT2D eigenvalue weighted by Gasteiger charge is 2.16. The van der Waals surface area contributed by atoms with Crippen LogP contribution < -0.4 is 10.1 Å². The van der Waals surface area contributed by atoms with Crippen molar-refractivity contribution in [3.8, 4) is 16.3 Å². The first-order chi connectivity index (χ1) is 11.6. The number of para-hydroxylation sites is 1. The van der Waals surface area contributed by atoms with Gasteiger partial charge in [-0.25, -0.2) is 9.37 Å². The topological polar surface area (TPSA) is 51.2 Å².